The third-order valence-corrected chi connectivity index (χ3v) is 14.8. The van der Waals surface area contributed by atoms with Gasteiger partial charge in [-0.2, -0.15) is 0 Å². The van der Waals surface area contributed by atoms with E-state index in [2.05, 4.69) is 194 Å². The molecular formula is C60H71N. The van der Waals surface area contributed by atoms with Crippen LogP contribution in [0.3, 0.4) is 0 Å². The number of nitrogens with zero attached hydrogens (tertiary/aromatic N) is 1. The first-order valence-electron chi connectivity index (χ1n) is 24.1. The zero-order valence-electron chi connectivity index (χ0n) is 38.7. The minimum absolute atomic E-state index is 0.103. The summed E-state index contributed by atoms with van der Waals surface area (Å²) in [6, 6.07) is 52.5. The Bertz CT molecular complexity index is 2350. The number of fused-ring (bicyclic) bond motifs is 3. The van der Waals surface area contributed by atoms with Gasteiger partial charge in [0.05, 0.1) is 0 Å². The van der Waals surface area contributed by atoms with Crippen molar-refractivity contribution < 1.29 is 0 Å². The molecule has 0 N–H and O–H groups in total. The quantitative estimate of drug-likeness (QED) is 0.106. The van der Waals surface area contributed by atoms with E-state index in [4.69, 9.17) is 0 Å². The standard InChI is InChI=1S/C60H71N/c1-9-18-42(11-3)47-38-48(43(12-4)19-10-2)40-49(39-47)46-26-34-53(35-27-46)61(52-32-24-45(25-33-52)44-20-14-13-15-21-44)54-36-37-56-55-22-16-17-23-57(55)60(8,58(56)41-54)51-30-28-50(29-31-51)59(5,6)7/h16-17,22-44H,9-15,18-21H2,1-8H3. The Morgan fingerprint density at radius 2 is 1.11 bits per heavy atom. The summed E-state index contributed by atoms with van der Waals surface area (Å²) in [5.41, 5.74) is 18.7. The van der Waals surface area contributed by atoms with Gasteiger partial charge in [-0.25, -0.2) is 0 Å². The van der Waals surface area contributed by atoms with E-state index in [0.717, 1.165) is 0 Å². The molecule has 2 aliphatic rings. The van der Waals surface area contributed by atoms with Crippen LogP contribution in [0.5, 0.6) is 0 Å². The first-order valence-corrected chi connectivity index (χ1v) is 24.1. The zero-order chi connectivity index (χ0) is 42.7. The van der Waals surface area contributed by atoms with Crippen LogP contribution in [0.25, 0.3) is 22.3 Å². The van der Waals surface area contributed by atoms with Gasteiger partial charge in [0.2, 0.25) is 0 Å². The van der Waals surface area contributed by atoms with E-state index in [1.165, 1.54) is 149 Å². The van der Waals surface area contributed by atoms with Gasteiger partial charge in [-0.1, -0.05) is 178 Å². The van der Waals surface area contributed by atoms with Gasteiger partial charge >= 0.3 is 0 Å². The van der Waals surface area contributed by atoms with Crippen molar-refractivity contribution in [2.24, 2.45) is 0 Å². The second-order valence-electron chi connectivity index (χ2n) is 19.7. The number of hydrogen-bond donors (Lipinski definition) is 0. The summed E-state index contributed by atoms with van der Waals surface area (Å²) in [5, 5.41) is 0. The van der Waals surface area contributed by atoms with Crippen molar-refractivity contribution in [2.45, 2.75) is 155 Å². The Labute approximate surface area is 369 Å². The molecule has 0 spiro atoms. The Hall–Kier alpha value is -4.88. The van der Waals surface area contributed by atoms with E-state index in [9.17, 15) is 0 Å². The maximum atomic E-state index is 2.56. The lowest BCUT2D eigenvalue weighted by molar-refractivity contribution is 0.443. The Kier molecular flexibility index (Phi) is 12.8. The van der Waals surface area contributed by atoms with Crippen molar-refractivity contribution in [1.82, 2.24) is 0 Å². The molecule has 6 aromatic carbocycles. The summed E-state index contributed by atoms with van der Waals surface area (Å²) >= 11 is 0. The lowest BCUT2D eigenvalue weighted by atomic mass is 9.73. The van der Waals surface area contributed by atoms with Crippen LogP contribution in [0.2, 0.25) is 0 Å². The highest BCUT2D eigenvalue weighted by Crippen LogP contribution is 2.54. The molecule has 0 saturated heterocycles. The minimum Gasteiger partial charge on any atom is -0.310 e. The highest BCUT2D eigenvalue weighted by Gasteiger charge is 2.41. The van der Waals surface area contributed by atoms with Crippen LogP contribution in [0, 0.1) is 0 Å². The van der Waals surface area contributed by atoms with Gasteiger partial charge in [0.1, 0.15) is 0 Å². The molecule has 3 atom stereocenters. The average molecular weight is 806 g/mol. The number of hydrogen-bond acceptors (Lipinski definition) is 1. The molecule has 0 radical (unpaired) electrons. The van der Waals surface area contributed by atoms with Crippen LogP contribution in [0.15, 0.2) is 133 Å². The molecule has 0 aliphatic heterocycles. The number of rotatable bonds is 14. The van der Waals surface area contributed by atoms with E-state index in [-0.39, 0.29) is 10.8 Å². The fourth-order valence-electron chi connectivity index (χ4n) is 11.0. The third-order valence-electron chi connectivity index (χ3n) is 14.8. The van der Waals surface area contributed by atoms with Crippen molar-refractivity contribution in [3.63, 3.8) is 0 Å². The molecule has 0 bridgehead atoms. The lowest BCUT2D eigenvalue weighted by Gasteiger charge is -2.31. The fraction of sp³-hybridized carbons (Fsp3) is 0.400. The van der Waals surface area contributed by atoms with Crippen LogP contribution < -0.4 is 4.90 Å². The van der Waals surface area contributed by atoms with Crippen LogP contribution in [0.1, 0.15) is 183 Å². The monoisotopic (exact) mass is 806 g/mol. The highest BCUT2D eigenvalue weighted by atomic mass is 15.1. The maximum Gasteiger partial charge on any atom is 0.0465 e. The first kappa shape index (κ1) is 42.8. The fourth-order valence-corrected chi connectivity index (χ4v) is 11.0. The molecule has 0 amide bonds. The van der Waals surface area contributed by atoms with Crippen LogP contribution in [-0.4, -0.2) is 0 Å². The number of benzene rings is 6. The van der Waals surface area contributed by atoms with E-state index in [1.807, 2.05) is 0 Å². The molecular weight excluding hydrogens is 735 g/mol. The molecule has 1 heteroatoms. The summed E-state index contributed by atoms with van der Waals surface area (Å²) < 4.78 is 0. The predicted octanol–water partition coefficient (Wildman–Crippen LogP) is 18.1. The second-order valence-corrected chi connectivity index (χ2v) is 19.7. The topological polar surface area (TPSA) is 3.24 Å². The Balaban J connectivity index is 1.24. The number of anilines is 3. The van der Waals surface area contributed by atoms with Gasteiger partial charge in [0.15, 0.2) is 0 Å². The zero-order valence-corrected chi connectivity index (χ0v) is 38.7. The van der Waals surface area contributed by atoms with Crippen LogP contribution in [-0.2, 0) is 10.8 Å². The van der Waals surface area contributed by atoms with Gasteiger partial charge in [-0.3, -0.25) is 0 Å². The normalized spacial score (nSPS) is 17.4. The molecule has 0 aromatic heterocycles. The van der Waals surface area contributed by atoms with Crippen molar-refractivity contribution >= 4 is 17.1 Å². The van der Waals surface area contributed by atoms with Gasteiger partial charge in [0, 0.05) is 22.5 Å². The second kappa shape index (κ2) is 18.2. The average Bonchev–Trinajstić information content (AvgIpc) is 3.55. The summed E-state index contributed by atoms with van der Waals surface area (Å²) in [5.74, 6) is 1.87. The molecule has 0 heterocycles. The first-order chi connectivity index (χ1) is 29.6. The molecule has 6 aromatic rings. The summed E-state index contributed by atoms with van der Waals surface area (Å²) in [7, 11) is 0. The molecule has 316 valence electrons. The SMILES string of the molecule is CCCC(CC)c1cc(-c2ccc(N(c3ccc(C4CCCCC4)cc3)c3ccc4c(c3)C(C)(c3ccc(C(C)(C)C)cc3)c3ccccc3-4)cc2)cc(C(CC)CCC)c1. The van der Waals surface area contributed by atoms with Crippen LogP contribution >= 0.6 is 0 Å². The van der Waals surface area contributed by atoms with Crippen LogP contribution in [0.4, 0.5) is 17.1 Å². The summed E-state index contributed by atoms with van der Waals surface area (Å²) in [4.78, 5) is 2.51. The molecule has 2 aliphatic carbocycles. The van der Waals surface area contributed by atoms with E-state index in [0.29, 0.717) is 17.8 Å². The van der Waals surface area contributed by atoms with E-state index < -0.39 is 0 Å². The minimum atomic E-state index is -0.288. The Morgan fingerprint density at radius 1 is 0.557 bits per heavy atom. The third kappa shape index (κ3) is 8.52. The molecule has 3 unspecified atom stereocenters. The molecule has 1 fully saturated rings. The van der Waals surface area contributed by atoms with Crippen molar-refractivity contribution in [3.8, 4) is 22.3 Å². The van der Waals surface area contributed by atoms with Crippen molar-refractivity contribution in [3.05, 3.63) is 172 Å². The lowest BCUT2D eigenvalue weighted by Crippen LogP contribution is -2.23. The molecule has 1 nitrogen and oxygen atoms in total. The van der Waals surface area contributed by atoms with Gasteiger partial charge < -0.3 is 4.90 Å². The highest BCUT2D eigenvalue weighted by molar-refractivity contribution is 5.87. The van der Waals surface area contributed by atoms with Gasteiger partial charge in [0.25, 0.3) is 0 Å². The maximum absolute atomic E-state index is 2.56. The smallest absolute Gasteiger partial charge is 0.0465 e. The summed E-state index contributed by atoms with van der Waals surface area (Å²) in [6.07, 6.45) is 14.0. The summed E-state index contributed by atoms with van der Waals surface area (Å²) in [6.45, 7) is 18.7. The van der Waals surface area contributed by atoms with Gasteiger partial charge in [-0.05, 0) is 166 Å². The van der Waals surface area contributed by atoms with E-state index >= 15 is 0 Å². The van der Waals surface area contributed by atoms with Crippen molar-refractivity contribution in [1.29, 1.82) is 0 Å². The van der Waals surface area contributed by atoms with E-state index in [1.54, 1.807) is 0 Å². The largest absolute Gasteiger partial charge is 0.310 e. The molecule has 61 heavy (non-hydrogen) atoms. The molecule has 8 rings (SSSR count). The van der Waals surface area contributed by atoms with Crippen molar-refractivity contribution in [2.75, 3.05) is 4.90 Å². The Morgan fingerprint density at radius 3 is 1.69 bits per heavy atom. The molecule has 1 saturated carbocycles. The van der Waals surface area contributed by atoms with Gasteiger partial charge in [-0.15, -0.1) is 0 Å². The predicted molar refractivity (Wildman–Crippen MR) is 264 cm³/mol.